The van der Waals surface area contributed by atoms with E-state index in [1.165, 1.54) is 12.1 Å². The Balaban J connectivity index is 2.28. The van der Waals surface area contributed by atoms with Crippen LogP contribution in [0, 0.1) is 5.82 Å². The number of anilines is 3. The Morgan fingerprint density at radius 2 is 2.00 bits per heavy atom. The van der Waals surface area contributed by atoms with Crippen molar-refractivity contribution >= 4 is 29.2 Å². The van der Waals surface area contributed by atoms with Crippen LogP contribution in [0.5, 0.6) is 0 Å². The standard InChI is InChI=1S/C13H15ClFN5/c1-8(2)20(3)13-18-11(14)17-12(19-13)16-10-6-4-5-9(15)7-10/h4-8H,1-3H3,(H,16,17,18,19). The highest BCUT2D eigenvalue weighted by Crippen LogP contribution is 2.18. The van der Waals surface area contributed by atoms with Crippen molar-refractivity contribution in [3.63, 3.8) is 0 Å². The molecule has 2 rings (SSSR count). The van der Waals surface area contributed by atoms with Crippen LogP contribution in [0.1, 0.15) is 13.8 Å². The fourth-order valence-electron chi connectivity index (χ4n) is 1.48. The Morgan fingerprint density at radius 3 is 2.65 bits per heavy atom. The van der Waals surface area contributed by atoms with Gasteiger partial charge in [0.15, 0.2) is 0 Å². The Bertz CT molecular complexity index is 605. The average Bonchev–Trinajstić information content (AvgIpc) is 2.37. The third-order valence-electron chi connectivity index (χ3n) is 2.77. The molecule has 0 aliphatic rings. The van der Waals surface area contributed by atoms with E-state index in [4.69, 9.17) is 11.6 Å². The molecule has 1 N–H and O–H groups in total. The molecular weight excluding hydrogens is 281 g/mol. The maximum absolute atomic E-state index is 13.1. The van der Waals surface area contributed by atoms with Gasteiger partial charge in [-0.05, 0) is 43.6 Å². The quantitative estimate of drug-likeness (QED) is 0.938. The molecule has 0 amide bonds. The van der Waals surface area contributed by atoms with Crippen molar-refractivity contribution in [3.8, 4) is 0 Å². The summed E-state index contributed by atoms with van der Waals surface area (Å²) < 4.78 is 13.1. The van der Waals surface area contributed by atoms with E-state index < -0.39 is 0 Å². The average molecular weight is 296 g/mol. The Kier molecular flexibility index (Phi) is 4.34. The summed E-state index contributed by atoms with van der Waals surface area (Å²) in [5.74, 6) is 0.395. The first kappa shape index (κ1) is 14.5. The van der Waals surface area contributed by atoms with Crippen LogP contribution >= 0.6 is 11.6 Å². The van der Waals surface area contributed by atoms with Gasteiger partial charge in [-0.25, -0.2) is 4.39 Å². The molecule has 0 aliphatic carbocycles. The lowest BCUT2D eigenvalue weighted by molar-refractivity contribution is 0.628. The van der Waals surface area contributed by atoms with Crippen molar-refractivity contribution < 1.29 is 4.39 Å². The molecule has 0 saturated heterocycles. The topological polar surface area (TPSA) is 53.9 Å². The van der Waals surface area contributed by atoms with Gasteiger partial charge in [0.25, 0.3) is 0 Å². The molecule has 20 heavy (non-hydrogen) atoms. The second-order valence-corrected chi connectivity index (χ2v) is 4.91. The first-order valence-electron chi connectivity index (χ1n) is 6.12. The zero-order valence-corrected chi connectivity index (χ0v) is 12.2. The summed E-state index contributed by atoms with van der Waals surface area (Å²) in [5.41, 5.74) is 0.547. The summed E-state index contributed by atoms with van der Waals surface area (Å²) in [6.07, 6.45) is 0. The van der Waals surface area contributed by atoms with Crippen LogP contribution in [0.4, 0.5) is 22.0 Å². The van der Waals surface area contributed by atoms with Crippen LogP contribution in [-0.2, 0) is 0 Å². The smallest absolute Gasteiger partial charge is 0.233 e. The van der Waals surface area contributed by atoms with E-state index in [2.05, 4.69) is 20.3 Å². The molecule has 1 aromatic heterocycles. The predicted octanol–water partition coefficient (Wildman–Crippen LogP) is 3.25. The molecular formula is C13H15ClFN5. The summed E-state index contributed by atoms with van der Waals surface area (Å²) in [4.78, 5) is 14.2. The van der Waals surface area contributed by atoms with Gasteiger partial charge in [0.05, 0.1) is 0 Å². The highest BCUT2D eigenvalue weighted by molar-refractivity contribution is 6.28. The first-order valence-corrected chi connectivity index (χ1v) is 6.50. The minimum atomic E-state index is -0.338. The molecule has 0 spiro atoms. The summed E-state index contributed by atoms with van der Waals surface area (Å²) in [6, 6.07) is 6.25. The number of benzene rings is 1. The Hall–Kier alpha value is -1.95. The fourth-order valence-corrected chi connectivity index (χ4v) is 1.64. The number of hydrogen-bond donors (Lipinski definition) is 1. The predicted molar refractivity (Wildman–Crippen MR) is 78.1 cm³/mol. The highest BCUT2D eigenvalue weighted by Gasteiger charge is 2.12. The second-order valence-electron chi connectivity index (χ2n) is 4.57. The normalized spacial score (nSPS) is 10.7. The molecule has 0 bridgehead atoms. The van der Waals surface area contributed by atoms with Crippen molar-refractivity contribution in [2.45, 2.75) is 19.9 Å². The van der Waals surface area contributed by atoms with Gasteiger partial charge in [-0.3, -0.25) is 0 Å². The van der Waals surface area contributed by atoms with Gasteiger partial charge in [-0.2, -0.15) is 15.0 Å². The van der Waals surface area contributed by atoms with E-state index in [1.807, 2.05) is 25.8 Å². The second kappa shape index (κ2) is 6.00. The van der Waals surface area contributed by atoms with E-state index in [1.54, 1.807) is 12.1 Å². The molecule has 0 radical (unpaired) electrons. The summed E-state index contributed by atoms with van der Waals surface area (Å²) in [7, 11) is 1.86. The minimum absolute atomic E-state index is 0.0846. The number of nitrogens with one attached hydrogen (secondary N) is 1. The molecule has 0 saturated carbocycles. The third kappa shape index (κ3) is 3.54. The number of halogens is 2. The van der Waals surface area contributed by atoms with Gasteiger partial charge in [0, 0.05) is 18.8 Å². The SMILES string of the molecule is CC(C)N(C)c1nc(Cl)nc(Nc2cccc(F)c2)n1. The van der Waals surface area contributed by atoms with Crippen molar-refractivity contribution in [1.29, 1.82) is 0 Å². The van der Waals surface area contributed by atoms with Crippen molar-refractivity contribution in [1.82, 2.24) is 15.0 Å². The molecule has 0 unspecified atom stereocenters. The monoisotopic (exact) mass is 295 g/mol. The summed E-state index contributed by atoms with van der Waals surface area (Å²) in [5, 5.41) is 2.99. The van der Waals surface area contributed by atoms with E-state index in [0.29, 0.717) is 11.6 Å². The lowest BCUT2D eigenvalue weighted by Crippen LogP contribution is -2.28. The van der Waals surface area contributed by atoms with Gasteiger partial charge in [-0.1, -0.05) is 6.07 Å². The first-order chi connectivity index (χ1) is 9.45. The van der Waals surface area contributed by atoms with E-state index in [-0.39, 0.29) is 23.1 Å². The number of hydrogen-bond acceptors (Lipinski definition) is 5. The zero-order chi connectivity index (χ0) is 14.7. The van der Waals surface area contributed by atoms with Gasteiger partial charge in [0.2, 0.25) is 17.2 Å². The van der Waals surface area contributed by atoms with Crippen molar-refractivity contribution in [3.05, 3.63) is 35.4 Å². The maximum Gasteiger partial charge on any atom is 0.233 e. The van der Waals surface area contributed by atoms with Gasteiger partial charge in [0.1, 0.15) is 5.82 Å². The minimum Gasteiger partial charge on any atom is -0.341 e. The zero-order valence-electron chi connectivity index (χ0n) is 11.4. The van der Waals surface area contributed by atoms with Crippen molar-refractivity contribution in [2.24, 2.45) is 0 Å². The fraction of sp³-hybridized carbons (Fsp3) is 0.308. The van der Waals surface area contributed by atoms with Crippen LogP contribution < -0.4 is 10.2 Å². The summed E-state index contributed by atoms with van der Waals surface area (Å²) in [6.45, 7) is 4.02. The molecule has 5 nitrogen and oxygen atoms in total. The number of nitrogens with zero attached hydrogens (tertiary/aromatic N) is 4. The molecule has 0 atom stereocenters. The van der Waals surface area contributed by atoms with Gasteiger partial charge < -0.3 is 10.2 Å². The van der Waals surface area contributed by atoms with Crippen LogP contribution in [0.3, 0.4) is 0 Å². The molecule has 0 aliphatic heterocycles. The number of rotatable bonds is 4. The molecule has 106 valence electrons. The molecule has 2 aromatic rings. The molecule has 0 fully saturated rings. The van der Waals surface area contributed by atoms with Crippen LogP contribution in [-0.4, -0.2) is 28.0 Å². The van der Waals surface area contributed by atoms with Gasteiger partial charge >= 0.3 is 0 Å². The third-order valence-corrected chi connectivity index (χ3v) is 2.94. The van der Waals surface area contributed by atoms with Crippen molar-refractivity contribution in [2.75, 3.05) is 17.3 Å². The maximum atomic E-state index is 13.1. The largest absolute Gasteiger partial charge is 0.341 e. The van der Waals surface area contributed by atoms with E-state index in [0.717, 1.165) is 0 Å². The lowest BCUT2D eigenvalue weighted by atomic mass is 10.3. The molecule has 7 heteroatoms. The Morgan fingerprint density at radius 1 is 1.25 bits per heavy atom. The van der Waals surface area contributed by atoms with E-state index >= 15 is 0 Å². The highest BCUT2D eigenvalue weighted by atomic mass is 35.5. The molecule has 1 heterocycles. The molecule has 1 aromatic carbocycles. The van der Waals surface area contributed by atoms with Crippen LogP contribution in [0.25, 0.3) is 0 Å². The number of aromatic nitrogens is 3. The van der Waals surface area contributed by atoms with E-state index in [9.17, 15) is 4.39 Å². The van der Waals surface area contributed by atoms with Crippen LogP contribution in [0.2, 0.25) is 5.28 Å². The lowest BCUT2D eigenvalue weighted by Gasteiger charge is -2.21. The van der Waals surface area contributed by atoms with Gasteiger partial charge in [-0.15, -0.1) is 0 Å². The summed E-state index contributed by atoms with van der Waals surface area (Å²) >= 11 is 5.89. The Labute approximate surface area is 121 Å². The van der Waals surface area contributed by atoms with Crippen LogP contribution in [0.15, 0.2) is 24.3 Å².